The van der Waals surface area contributed by atoms with Gasteiger partial charge in [-0.1, -0.05) is 129 Å². The molecule has 0 radical (unpaired) electrons. The molecule has 15 aromatic carbocycles. The molecule has 130 heavy (non-hydrogen) atoms. The van der Waals surface area contributed by atoms with Crippen LogP contribution < -0.4 is 24.5 Å². The maximum absolute atomic E-state index is 13.1. The fourth-order valence-electron chi connectivity index (χ4n) is 16.8. The number of alkyl halides is 12. The van der Waals surface area contributed by atoms with Crippen LogP contribution in [0.3, 0.4) is 0 Å². The Morgan fingerprint density at radius 1 is 0.269 bits per heavy atom. The normalized spacial score (nSPS) is 12.4. The van der Waals surface area contributed by atoms with Gasteiger partial charge in [0.15, 0.2) is 0 Å². The van der Waals surface area contributed by atoms with E-state index in [2.05, 4.69) is 143 Å². The predicted octanol–water partition coefficient (Wildman–Crippen LogP) is 33.1. The van der Waals surface area contributed by atoms with Gasteiger partial charge in [-0.15, -0.1) is 11.3 Å². The molecule has 0 N–H and O–H groups in total. The van der Waals surface area contributed by atoms with E-state index in [1.807, 2.05) is 111 Å². The van der Waals surface area contributed by atoms with Crippen molar-refractivity contribution in [2.24, 2.45) is 7.05 Å². The Morgan fingerprint density at radius 3 is 0.977 bits per heavy atom. The highest BCUT2D eigenvalue weighted by Crippen LogP contribution is 2.51. The molecule has 0 aliphatic heterocycles. The molecule has 1 aliphatic carbocycles. The third-order valence-corrected chi connectivity index (χ3v) is 25.3. The molecule has 20 rings (SSSR count). The van der Waals surface area contributed by atoms with Crippen LogP contribution in [0, 0.1) is 40.4 Å². The third-order valence-electron chi connectivity index (χ3n) is 24.2. The Kier molecular flexibility index (Phi) is 24.0. The standard InChI is InChI=1S/C24H22F3N.C22H19F3N2.C21H16F3NO.C21H16F3NS.C20H16FNO/c1-15-8-10-19-20-11-9-18(14-22(20)23(2,3)21(19)12-15)28(4)17-7-5-6-16(13-17)24(25,26)27;1-14-7-9-18-19-10-8-17(13-21(19)27(3)20(18)11-14)26(2)16-6-4-5-15(12-16)22(23,24)25;2*1-13-6-8-17-18-9-7-16(12-20(18)26-19(17)10-13)25(2)15-5-3-4-14(11-15)21(22,23)24;1-13-3-9-17-18-10-8-16(12-20(18)23-19(17)11-13)22(2)15-6-4-14(21)5-7-15/h5-14H,1-4H3;4-13H,1-3H3;2*3-12H,1-2H3;3-12H,1-2H3. The first-order chi connectivity index (χ1) is 61.6. The number of aromatic nitrogens is 1. The number of rotatable bonds is 10. The van der Waals surface area contributed by atoms with Gasteiger partial charge in [0.1, 0.15) is 28.1 Å². The fourth-order valence-corrected chi connectivity index (χ4v) is 18.0. The minimum Gasteiger partial charge on any atom is -0.456 e. The number of anilines is 10. The lowest BCUT2D eigenvalue weighted by Crippen LogP contribution is -2.17. The average molecular weight is 1780 g/mol. The van der Waals surface area contributed by atoms with Crippen molar-refractivity contribution in [3.8, 4) is 11.1 Å². The van der Waals surface area contributed by atoms with Gasteiger partial charge in [0, 0.05) is 175 Å². The van der Waals surface area contributed by atoms with Crippen LogP contribution in [-0.4, -0.2) is 39.8 Å². The number of aryl methyl sites for hydroxylation is 6. The summed E-state index contributed by atoms with van der Waals surface area (Å²) in [5, 5.41) is 8.94. The number of nitrogens with zero attached hydrogens (tertiary/aromatic N) is 6. The highest BCUT2D eigenvalue weighted by atomic mass is 32.1. The summed E-state index contributed by atoms with van der Waals surface area (Å²) in [6.45, 7) is 14.7. The number of thiophene rings is 1. The lowest BCUT2D eigenvalue weighted by atomic mass is 9.82. The van der Waals surface area contributed by atoms with Crippen molar-refractivity contribution >= 4 is 154 Å². The van der Waals surface area contributed by atoms with Gasteiger partial charge in [0.2, 0.25) is 0 Å². The summed E-state index contributed by atoms with van der Waals surface area (Å²) in [7, 11) is 11.1. The van der Waals surface area contributed by atoms with Crippen LogP contribution in [-0.2, 0) is 37.2 Å². The van der Waals surface area contributed by atoms with E-state index in [4.69, 9.17) is 8.83 Å². The van der Waals surface area contributed by atoms with Crippen LogP contribution in [0.4, 0.5) is 114 Å². The first-order valence-corrected chi connectivity index (χ1v) is 42.6. The Balaban J connectivity index is 0.000000119. The smallest absolute Gasteiger partial charge is 0.416 e. The van der Waals surface area contributed by atoms with E-state index in [0.717, 1.165) is 129 Å². The van der Waals surface area contributed by atoms with E-state index in [1.165, 1.54) is 120 Å². The lowest BCUT2D eigenvalue weighted by Gasteiger charge is -2.25. The highest BCUT2D eigenvalue weighted by Gasteiger charge is 2.38. The predicted molar refractivity (Wildman–Crippen MR) is 507 cm³/mol. The average Bonchev–Trinajstić information content (AvgIpc) is 1.58. The molecule has 0 atom stereocenters. The third kappa shape index (κ3) is 18.3. The molecule has 8 nitrogen and oxygen atoms in total. The van der Waals surface area contributed by atoms with Gasteiger partial charge < -0.3 is 37.9 Å². The minimum atomic E-state index is -4.36. The first-order valence-electron chi connectivity index (χ1n) is 41.8. The summed E-state index contributed by atoms with van der Waals surface area (Å²) in [4.78, 5) is 9.09. The molecule has 4 aromatic heterocycles. The maximum Gasteiger partial charge on any atom is 0.416 e. The van der Waals surface area contributed by atoms with Gasteiger partial charge in [-0.3, -0.25) is 0 Å². The summed E-state index contributed by atoms with van der Waals surface area (Å²) in [6.07, 6.45) is -17.4. The summed E-state index contributed by atoms with van der Waals surface area (Å²) in [5.41, 5.74) is 20.8. The molecule has 1 aliphatic rings. The quantitative estimate of drug-likeness (QED) is 0.126. The zero-order valence-electron chi connectivity index (χ0n) is 73.2. The van der Waals surface area contributed by atoms with Crippen molar-refractivity contribution in [2.45, 2.75) is 78.6 Å². The number of hydrogen-bond donors (Lipinski definition) is 0. The number of furan rings is 2. The highest BCUT2D eigenvalue weighted by molar-refractivity contribution is 7.25. The van der Waals surface area contributed by atoms with Crippen molar-refractivity contribution < 1.29 is 65.9 Å². The largest absolute Gasteiger partial charge is 0.456 e. The van der Waals surface area contributed by atoms with Crippen LogP contribution in [0.25, 0.3) is 97.0 Å². The summed E-state index contributed by atoms with van der Waals surface area (Å²) < 4.78 is 186. The summed E-state index contributed by atoms with van der Waals surface area (Å²) >= 11 is 1.70. The molecular formula is C108H89F13N6O2S. The van der Waals surface area contributed by atoms with Crippen LogP contribution in [0.5, 0.6) is 0 Å². The SMILES string of the molecule is Cc1ccc2c(c1)C(C)(C)c1cc(N(C)c3cccc(C(F)(F)F)c3)ccc1-2.Cc1ccc2c(c1)oc1cc(N(C)c3ccc(F)cc3)ccc12.Cc1ccc2c(c1)oc1cc(N(C)c3cccc(C(F)(F)F)c3)ccc12.Cc1ccc2c(c1)sc1cc(N(C)c3cccc(C(F)(F)F)c3)ccc12.Cc1ccc2c3ccc(N(C)c4cccc(C(F)(F)F)c4)cc3n(C)c2c1. The Bertz CT molecular complexity index is 7320. The second-order valence-corrected chi connectivity index (χ2v) is 34.6. The zero-order valence-corrected chi connectivity index (χ0v) is 74.0. The maximum atomic E-state index is 13.1. The van der Waals surface area contributed by atoms with Gasteiger partial charge >= 0.3 is 24.7 Å². The van der Waals surface area contributed by atoms with E-state index in [0.29, 0.717) is 28.3 Å². The monoisotopic (exact) mass is 1780 g/mol. The van der Waals surface area contributed by atoms with Gasteiger partial charge in [-0.2, -0.15) is 52.7 Å². The molecular weight excluding hydrogens is 1690 g/mol. The Morgan fingerprint density at radius 2 is 0.546 bits per heavy atom. The summed E-state index contributed by atoms with van der Waals surface area (Å²) in [6, 6.07) is 89.5. The van der Waals surface area contributed by atoms with Gasteiger partial charge in [-0.25, -0.2) is 4.39 Å². The molecule has 0 amide bonds. The molecule has 0 unspecified atom stereocenters. The Labute approximate surface area is 747 Å². The van der Waals surface area contributed by atoms with Gasteiger partial charge in [-0.05, 0) is 261 Å². The number of fused-ring (bicyclic) bond motifs is 15. The molecule has 22 heteroatoms. The first kappa shape index (κ1) is 89.4. The van der Waals surface area contributed by atoms with Crippen LogP contribution in [0.1, 0.15) is 75.0 Å². The molecule has 19 aromatic rings. The van der Waals surface area contributed by atoms with Gasteiger partial charge in [0.25, 0.3) is 0 Å². The summed E-state index contributed by atoms with van der Waals surface area (Å²) in [5.74, 6) is -0.231. The number of halogens is 13. The molecule has 0 saturated carbocycles. The molecule has 0 saturated heterocycles. The number of benzene rings is 15. The lowest BCUT2D eigenvalue weighted by molar-refractivity contribution is -0.138. The second-order valence-electron chi connectivity index (χ2n) is 33.5. The van der Waals surface area contributed by atoms with E-state index < -0.39 is 47.0 Å². The van der Waals surface area contributed by atoms with Gasteiger partial charge in [0.05, 0.1) is 27.8 Å². The van der Waals surface area contributed by atoms with Crippen LogP contribution in [0.15, 0.2) is 312 Å². The van der Waals surface area contributed by atoms with E-state index in [9.17, 15) is 57.1 Å². The molecule has 0 bridgehead atoms. The topological polar surface area (TPSA) is 47.4 Å². The fraction of sp³-hybridized carbons (Fsp3) is 0.167. The van der Waals surface area contributed by atoms with Crippen LogP contribution in [0.2, 0.25) is 0 Å². The molecule has 660 valence electrons. The molecule has 0 spiro atoms. The minimum absolute atomic E-state index is 0.151. The number of hydrogen-bond acceptors (Lipinski definition) is 8. The van der Waals surface area contributed by atoms with E-state index in [1.54, 1.807) is 95.5 Å². The van der Waals surface area contributed by atoms with Crippen molar-refractivity contribution in [1.82, 2.24) is 4.57 Å². The second kappa shape index (κ2) is 34.9. The zero-order chi connectivity index (χ0) is 92.5. The van der Waals surface area contributed by atoms with E-state index in [-0.39, 0.29) is 11.2 Å². The van der Waals surface area contributed by atoms with Crippen molar-refractivity contribution in [1.29, 1.82) is 0 Å². The van der Waals surface area contributed by atoms with Crippen molar-refractivity contribution in [3.63, 3.8) is 0 Å². The Hall–Kier alpha value is -14.0. The van der Waals surface area contributed by atoms with E-state index >= 15 is 0 Å². The molecule has 0 fully saturated rings. The van der Waals surface area contributed by atoms with Crippen molar-refractivity contribution in [3.05, 3.63) is 370 Å². The van der Waals surface area contributed by atoms with Crippen molar-refractivity contribution in [2.75, 3.05) is 59.7 Å². The van der Waals surface area contributed by atoms with Crippen LogP contribution >= 0.6 is 11.3 Å². The molecule has 4 heterocycles.